The zero-order valence-electron chi connectivity index (χ0n) is 18.6. The fraction of sp³-hybridized carbons (Fsp3) is 0.440. The lowest BCUT2D eigenvalue weighted by Gasteiger charge is -2.24. The van der Waals surface area contributed by atoms with E-state index in [1.54, 1.807) is 13.2 Å². The van der Waals surface area contributed by atoms with Crippen molar-refractivity contribution in [1.29, 1.82) is 5.26 Å². The van der Waals surface area contributed by atoms with Gasteiger partial charge in [0.25, 0.3) is 5.91 Å². The van der Waals surface area contributed by atoms with Gasteiger partial charge in [-0.15, -0.1) is 0 Å². The van der Waals surface area contributed by atoms with E-state index in [9.17, 15) is 4.79 Å². The first-order valence-corrected chi connectivity index (χ1v) is 10.9. The number of carbonyl (C=O) groups excluding carboxylic acids is 1. The predicted octanol–water partition coefficient (Wildman–Crippen LogP) is 4.34. The Labute approximate surface area is 185 Å². The Bertz CT molecular complexity index is 919. The lowest BCUT2D eigenvalue weighted by atomic mass is 10.1. The molecule has 1 fully saturated rings. The van der Waals surface area contributed by atoms with Crippen LogP contribution in [0.2, 0.25) is 0 Å². The van der Waals surface area contributed by atoms with Crippen molar-refractivity contribution in [3.63, 3.8) is 0 Å². The number of nitrogens with zero attached hydrogens (tertiary/aromatic N) is 3. The van der Waals surface area contributed by atoms with Gasteiger partial charge in [0.2, 0.25) is 0 Å². The number of hydrogen-bond acceptors (Lipinski definition) is 5. The molecule has 0 saturated carbocycles. The van der Waals surface area contributed by atoms with Crippen molar-refractivity contribution in [2.45, 2.75) is 26.7 Å². The van der Waals surface area contributed by atoms with Crippen molar-refractivity contribution in [2.24, 2.45) is 5.92 Å². The van der Waals surface area contributed by atoms with Crippen LogP contribution in [-0.2, 0) is 0 Å². The molecule has 0 radical (unpaired) electrons. The van der Waals surface area contributed by atoms with Crippen LogP contribution in [0.15, 0.2) is 42.5 Å². The monoisotopic (exact) mass is 421 g/mol. The van der Waals surface area contributed by atoms with Gasteiger partial charge in [-0.25, -0.2) is 0 Å². The molecule has 0 aromatic heterocycles. The number of hydrogen-bond donors (Lipinski definition) is 0. The van der Waals surface area contributed by atoms with Gasteiger partial charge in [-0.3, -0.25) is 4.79 Å². The summed E-state index contributed by atoms with van der Waals surface area (Å²) < 4.78 is 11.3. The molecule has 3 rings (SSSR count). The fourth-order valence-electron chi connectivity index (χ4n) is 3.63. The average molecular weight is 422 g/mol. The third-order valence-electron chi connectivity index (χ3n) is 5.51. The molecule has 0 N–H and O–H groups in total. The lowest BCUT2D eigenvalue weighted by Crippen LogP contribution is -2.35. The lowest BCUT2D eigenvalue weighted by molar-refractivity contribution is 0.0766. The summed E-state index contributed by atoms with van der Waals surface area (Å²) in [5.74, 6) is 1.83. The van der Waals surface area contributed by atoms with Crippen LogP contribution >= 0.6 is 0 Å². The quantitative estimate of drug-likeness (QED) is 0.665. The zero-order chi connectivity index (χ0) is 22.2. The molecule has 0 atom stereocenters. The topological polar surface area (TPSA) is 65.8 Å². The first kappa shape index (κ1) is 22.5. The number of amides is 1. The second-order valence-electron chi connectivity index (χ2n) is 8.19. The van der Waals surface area contributed by atoms with Gasteiger partial charge < -0.3 is 19.3 Å². The summed E-state index contributed by atoms with van der Waals surface area (Å²) in [6.45, 7) is 7.93. The van der Waals surface area contributed by atoms with E-state index in [0.29, 0.717) is 48.2 Å². The van der Waals surface area contributed by atoms with Gasteiger partial charge in [0.15, 0.2) is 11.5 Å². The largest absolute Gasteiger partial charge is 0.493 e. The first-order chi connectivity index (χ1) is 15.0. The van der Waals surface area contributed by atoms with Gasteiger partial charge in [0, 0.05) is 37.4 Å². The molecule has 0 bridgehead atoms. The van der Waals surface area contributed by atoms with Crippen LogP contribution in [-0.4, -0.2) is 50.7 Å². The normalized spacial score (nSPS) is 14.2. The van der Waals surface area contributed by atoms with Crippen LogP contribution in [0.25, 0.3) is 0 Å². The van der Waals surface area contributed by atoms with Crippen LogP contribution in [0.5, 0.6) is 11.5 Å². The Morgan fingerprint density at radius 1 is 1.06 bits per heavy atom. The molecular weight excluding hydrogens is 390 g/mol. The van der Waals surface area contributed by atoms with Crippen molar-refractivity contribution in [1.82, 2.24) is 4.90 Å². The molecule has 0 spiro atoms. The molecule has 1 amide bonds. The number of benzene rings is 2. The minimum Gasteiger partial charge on any atom is -0.493 e. The molecule has 31 heavy (non-hydrogen) atoms. The fourth-order valence-corrected chi connectivity index (χ4v) is 3.63. The van der Waals surface area contributed by atoms with Gasteiger partial charge in [-0.2, -0.15) is 5.26 Å². The van der Waals surface area contributed by atoms with E-state index in [1.165, 1.54) is 0 Å². The zero-order valence-corrected chi connectivity index (χ0v) is 18.6. The molecule has 6 heteroatoms. The predicted molar refractivity (Wildman–Crippen MR) is 122 cm³/mol. The van der Waals surface area contributed by atoms with Crippen molar-refractivity contribution >= 4 is 11.6 Å². The molecule has 2 aromatic carbocycles. The maximum absolute atomic E-state index is 13.1. The smallest absolute Gasteiger partial charge is 0.254 e. The Kier molecular flexibility index (Phi) is 7.77. The summed E-state index contributed by atoms with van der Waals surface area (Å²) in [4.78, 5) is 17.3. The first-order valence-electron chi connectivity index (χ1n) is 10.9. The van der Waals surface area contributed by atoms with Crippen LogP contribution in [0.1, 0.15) is 42.6 Å². The third-order valence-corrected chi connectivity index (χ3v) is 5.51. The molecule has 6 nitrogen and oxygen atoms in total. The molecule has 0 unspecified atom stereocenters. The maximum atomic E-state index is 13.1. The number of ether oxygens (including phenoxy) is 2. The molecule has 164 valence electrons. The Morgan fingerprint density at radius 2 is 1.84 bits per heavy atom. The second-order valence-corrected chi connectivity index (χ2v) is 8.19. The number of carbonyl (C=O) groups is 1. The van der Waals surface area contributed by atoms with E-state index in [0.717, 1.165) is 31.6 Å². The average Bonchev–Trinajstić information content (AvgIpc) is 3.05. The Hall–Kier alpha value is -3.20. The van der Waals surface area contributed by atoms with Crippen molar-refractivity contribution in [3.05, 3.63) is 53.6 Å². The minimum absolute atomic E-state index is 0.00806. The van der Waals surface area contributed by atoms with E-state index >= 15 is 0 Å². The van der Waals surface area contributed by atoms with Gasteiger partial charge in [-0.05, 0) is 61.2 Å². The number of nitriles is 1. The molecule has 2 aromatic rings. The molecular formula is C25H31N3O3. The van der Waals surface area contributed by atoms with E-state index < -0.39 is 0 Å². The summed E-state index contributed by atoms with van der Waals surface area (Å²) in [6.07, 6.45) is 1.85. The Morgan fingerprint density at radius 3 is 2.52 bits per heavy atom. The molecule has 0 aliphatic carbocycles. The summed E-state index contributed by atoms with van der Waals surface area (Å²) in [5.41, 5.74) is 2.35. The highest BCUT2D eigenvalue weighted by Crippen LogP contribution is 2.29. The highest BCUT2D eigenvalue weighted by molar-refractivity contribution is 5.95. The van der Waals surface area contributed by atoms with Crippen LogP contribution < -0.4 is 14.4 Å². The summed E-state index contributed by atoms with van der Waals surface area (Å²) in [7, 11) is 1.60. The number of rotatable bonds is 7. The number of methoxy groups -OCH3 is 1. The van der Waals surface area contributed by atoms with Crippen LogP contribution in [0.4, 0.5) is 5.69 Å². The van der Waals surface area contributed by atoms with E-state index in [1.807, 2.05) is 41.3 Å². The van der Waals surface area contributed by atoms with Crippen molar-refractivity contribution in [3.8, 4) is 17.6 Å². The Balaban J connectivity index is 1.64. The van der Waals surface area contributed by atoms with Gasteiger partial charge in [0.05, 0.1) is 25.3 Å². The van der Waals surface area contributed by atoms with Crippen LogP contribution in [0, 0.1) is 17.2 Å². The van der Waals surface area contributed by atoms with Gasteiger partial charge in [-0.1, -0.05) is 13.8 Å². The number of anilines is 1. The van der Waals surface area contributed by atoms with Crippen molar-refractivity contribution in [2.75, 3.05) is 44.8 Å². The maximum Gasteiger partial charge on any atom is 0.254 e. The van der Waals surface area contributed by atoms with E-state index in [2.05, 4.69) is 24.8 Å². The SMILES string of the molecule is COc1cc(C(=O)N2CCCN(c3ccc(C#N)cc3)CC2)ccc1OCCC(C)C. The van der Waals surface area contributed by atoms with Gasteiger partial charge >= 0.3 is 0 Å². The molecule has 1 aliphatic rings. The third kappa shape index (κ3) is 5.91. The molecule has 1 heterocycles. The minimum atomic E-state index is 0.00806. The highest BCUT2D eigenvalue weighted by Gasteiger charge is 2.22. The van der Waals surface area contributed by atoms with Crippen LogP contribution in [0.3, 0.4) is 0 Å². The summed E-state index contributed by atoms with van der Waals surface area (Å²) >= 11 is 0. The van der Waals surface area contributed by atoms with E-state index in [4.69, 9.17) is 14.7 Å². The van der Waals surface area contributed by atoms with Crippen molar-refractivity contribution < 1.29 is 14.3 Å². The highest BCUT2D eigenvalue weighted by atomic mass is 16.5. The van der Waals surface area contributed by atoms with E-state index in [-0.39, 0.29) is 5.91 Å². The molecule has 1 saturated heterocycles. The summed E-state index contributed by atoms with van der Waals surface area (Å²) in [5, 5.41) is 8.98. The second kappa shape index (κ2) is 10.7. The standard InChI is InChI=1S/C25H31N3O3/c1-19(2)11-16-31-23-10-7-21(17-24(23)30-3)25(29)28-13-4-12-27(14-15-28)22-8-5-20(18-26)6-9-22/h5-10,17,19H,4,11-16H2,1-3H3. The van der Waals surface area contributed by atoms with Gasteiger partial charge in [0.1, 0.15) is 0 Å². The molecule has 1 aliphatic heterocycles. The summed E-state index contributed by atoms with van der Waals surface area (Å²) in [6, 6.07) is 15.2.